The smallest absolute Gasteiger partial charge is 0.408 e. The Labute approximate surface area is 321 Å². The highest BCUT2D eigenvalue weighted by atomic mass is 16.5. The number of rotatable bonds is 18. The fourth-order valence-corrected chi connectivity index (χ4v) is 5.48. The molecule has 0 aromatic heterocycles. The lowest BCUT2D eigenvalue weighted by molar-refractivity contribution is -0.148. The highest BCUT2D eigenvalue weighted by Crippen LogP contribution is 2.26. The number of hydrogen-bond acceptors (Lipinski definition) is 10. The third-order valence-corrected chi connectivity index (χ3v) is 8.28. The molecule has 1 heterocycles. The summed E-state index contributed by atoms with van der Waals surface area (Å²) in [5.74, 6) is -10.1. The maximum Gasteiger partial charge on any atom is 0.408 e. The monoisotopic (exact) mass is 780 g/mol. The first-order valence-electron chi connectivity index (χ1n) is 17.5. The van der Waals surface area contributed by atoms with Crippen molar-refractivity contribution in [2.75, 3.05) is 18.0 Å². The van der Waals surface area contributed by atoms with E-state index in [9.17, 15) is 58.5 Å². The van der Waals surface area contributed by atoms with Crippen molar-refractivity contribution in [1.82, 2.24) is 26.4 Å². The molecule has 0 spiro atoms. The molecular weight excluding hydrogens is 736 g/mol. The SMILES string of the molecule is CC(C)[C@H](NC(=O)[C@H](CCC(=O)O)NC(=O)[C@H](CC(=O)O)NC(=O)OCc1ccccc1)C(=O)NN(CC(=O)O)C(=O)/C=C/C(=O)N1CCCc2ccccc21. The Morgan fingerprint density at radius 1 is 0.786 bits per heavy atom. The Kier molecular flexibility index (Phi) is 16.5. The van der Waals surface area contributed by atoms with Gasteiger partial charge in [-0.15, -0.1) is 0 Å². The molecule has 0 saturated carbocycles. The van der Waals surface area contributed by atoms with E-state index in [-0.39, 0.29) is 6.61 Å². The maximum atomic E-state index is 13.5. The number of fused-ring (bicyclic) bond motifs is 1. The van der Waals surface area contributed by atoms with Crippen LogP contribution >= 0.6 is 0 Å². The number of hydrogen-bond donors (Lipinski definition) is 7. The second kappa shape index (κ2) is 21.2. The summed E-state index contributed by atoms with van der Waals surface area (Å²) in [4.78, 5) is 115. The van der Waals surface area contributed by atoms with Gasteiger partial charge in [-0.05, 0) is 42.4 Å². The first kappa shape index (κ1) is 43.6. The van der Waals surface area contributed by atoms with Crippen LogP contribution in [0.1, 0.15) is 50.7 Å². The average molecular weight is 781 g/mol. The van der Waals surface area contributed by atoms with Crippen molar-refractivity contribution in [2.45, 2.75) is 70.7 Å². The third kappa shape index (κ3) is 13.9. The number of aryl methyl sites for hydroxylation is 1. The number of benzene rings is 2. The summed E-state index contributed by atoms with van der Waals surface area (Å²) in [5.41, 5.74) is 4.33. The van der Waals surface area contributed by atoms with Gasteiger partial charge in [-0.1, -0.05) is 62.4 Å². The number of amides is 6. The standard InChI is InChI=1S/C37H44N6O13/c1-22(2)33(36(54)41-43(20-32(50)51)29(45)16-15-28(44)42-18-8-12-24-11-6-7-13-27(24)42)40-34(52)25(14-17-30(46)47)38-35(53)26(19-31(48)49)39-37(55)56-21-23-9-4-3-5-10-23/h3-7,9-11,13,15-16,22,25-26,33H,8,12,14,17-21H2,1-2H3,(H,38,53)(H,39,55)(H,40,52)(H,41,54)(H,46,47)(H,48,49)(H,50,51)/b16-15+/t25-,26-,33-/m0/s1. The molecule has 0 bridgehead atoms. The van der Waals surface area contributed by atoms with E-state index < -0.39 is 103 Å². The summed E-state index contributed by atoms with van der Waals surface area (Å²) in [6.07, 6.45) is -0.136. The molecule has 19 heteroatoms. The Balaban J connectivity index is 1.73. The van der Waals surface area contributed by atoms with Gasteiger partial charge in [0.05, 0.1) is 6.42 Å². The van der Waals surface area contributed by atoms with Crippen molar-refractivity contribution in [1.29, 1.82) is 0 Å². The van der Waals surface area contributed by atoms with Crippen LogP contribution in [-0.2, 0) is 56.1 Å². The van der Waals surface area contributed by atoms with Crippen molar-refractivity contribution in [3.63, 3.8) is 0 Å². The molecule has 300 valence electrons. The van der Waals surface area contributed by atoms with Gasteiger partial charge < -0.3 is 40.9 Å². The number of nitrogens with zero attached hydrogens (tertiary/aromatic N) is 2. The van der Waals surface area contributed by atoms with Crippen LogP contribution in [0.5, 0.6) is 0 Å². The van der Waals surface area contributed by atoms with Gasteiger partial charge >= 0.3 is 24.0 Å². The molecule has 56 heavy (non-hydrogen) atoms. The van der Waals surface area contributed by atoms with Crippen molar-refractivity contribution in [2.24, 2.45) is 5.92 Å². The van der Waals surface area contributed by atoms with Crippen molar-refractivity contribution >= 4 is 59.2 Å². The van der Waals surface area contributed by atoms with Crippen LogP contribution in [0.3, 0.4) is 0 Å². The third-order valence-electron chi connectivity index (χ3n) is 8.28. The van der Waals surface area contributed by atoms with Crippen molar-refractivity contribution < 1.29 is 63.2 Å². The van der Waals surface area contributed by atoms with Crippen LogP contribution in [0.25, 0.3) is 0 Å². The lowest BCUT2D eigenvalue weighted by Crippen LogP contribution is -2.60. The van der Waals surface area contributed by atoms with Gasteiger partial charge in [-0.2, -0.15) is 0 Å². The van der Waals surface area contributed by atoms with E-state index >= 15 is 0 Å². The average Bonchev–Trinajstić information content (AvgIpc) is 3.15. The molecule has 0 saturated heterocycles. The summed E-state index contributed by atoms with van der Waals surface area (Å²) in [7, 11) is 0. The van der Waals surface area contributed by atoms with E-state index in [0.29, 0.717) is 29.2 Å². The lowest BCUT2D eigenvalue weighted by Gasteiger charge is -2.29. The predicted octanol–water partition coefficient (Wildman–Crippen LogP) is 0.727. The first-order valence-corrected chi connectivity index (χ1v) is 17.5. The van der Waals surface area contributed by atoms with Crippen LogP contribution in [0.2, 0.25) is 0 Å². The quantitative estimate of drug-likeness (QED) is 0.0813. The molecule has 1 aliphatic rings. The summed E-state index contributed by atoms with van der Waals surface area (Å²) in [5, 5.41) is 35.2. The molecule has 0 aliphatic carbocycles. The Morgan fingerprint density at radius 3 is 2.09 bits per heavy atom. The highest BCUT2D eigenvalue weighted by molar-refractivity contribution is 6.06. The molecular formula is C37H44N6O13. The van der Waals surface area contributed by atoms with E-state index in [1.54, 1.807) is 42.5 Å². The number of para-hydroxylation sites is 1. The number of aliphatic carboxylic acids is 3. The van der Waals surface area contributed by atoms with Crippen LogP contribution in [0, 0.1) is 5.92 Å². The van der Waals surface area contributed by atoms with Gasteiger partial charge in [0.15, 0.2) is 0 Å². The molecule has 3 rings (SSSR count). The summed E-state index contributed by atoms with van der Waals surface area (Å²) >= 11 is 0. The number of ether oxygens (including phenoxy) is 1. The molecule has 2 aromatic rings. The number of carboxylic acids is 3. The Bertz CT molecular complexity index is 1820. The van der Waals surface area contributed by atoms with Gasteiger partial charge in [0, 0.05) is 30.8 Å². The largest absolute Gasteiger partial charge is 0.481 e. The number of hydrazine groups is 1. The Morgan fingerprint density at radius 2 is 1.45 bits per heavy atom. The number of carbonyl (C=O) groups is 9. The topological polar surface area (TPSA) is 278 Å². The van der Waals surface area contributed by atoms with Gasteiger partial charge in [-0.3, -0.25) is 43.8 Å². The Hall–Kier alpha value is -6.79. The first-order chi connectivity index (χ1) is 26.5. The van der Waals surface area contributed by atoms with E-state index in [4.69, 9.17) is 4.74 Å². The zero-order valence-electron chi connectivity index (χ0n) is 30.6. The molecule has 3 atom stereocenters. The minimum Gasteiger partial charge on any atom is -0.481 e. The van der Waals surface area contributed by atoms with Crippen LogP contribution in [0.15, 0.2) is 66.7 Å². The van der Waals surface area contributed by atoms with Crippen molar-refractivity contribution in [3.8, 4) is 0 Å². The fraction of sp³-hybridized carbons (Fsp3) is 0.378. The molecule has 0 unspecified atom stereocenters. The number of nitrogens with one attached hydrogen (secondary N) is 4. The van der Waals surface area contributed by atoms with E-state index in [1.807, 2.05) is 12.1 Å². The maximum absolute atomic E-state index is 13.5. The molecule has 0 fully saturated rings. The number of carbonyl (C=O) groups excluding carboxylic acids is 6. The normalized spacial score (nSPS) is 13.7. The second-order valence-corrected chi connectivity index (χ2v) is 12.9. The van der Waals surface area contributed by atoms with Gasteiger partial charge in [-0.25, -0.2) is 9.80 Å². The minimum absolute atomic E-state index is 0.214. The fourth-order valence-electron chi connectivity index (χ4n) is 5.48. The number of carboxylic acid groups (broad SMARTS) is 3. The molecule has 6 amide bonds. The molecule has 19 nitrogen and oxygen atoms in total. The predicted molar refractivity (Wildman–Crippen MR) is 195 cm³/mol. The second-order valence-electron chi connectivity index (χ2n) is 12.9. The lowest BCUT2D eigenvalue weighted by atomic mass is 10.0. The van der Waals surface area contributed by atoms with E-state index in [2.05, 4.69) is 21.4 Å². The van der Waals surface area contributed by atoms with Crippen LogP contribution in [-0.4, -0.2) is 105 Å². The molecule has 7 N–H and O–H groups in total. The van der Waals surface area contributed by atoms with Crippen LogP contribution < -0.4 is 26.3 Å². The van der Waals surface area contributed by atoms with Gasteiger partial charge in [0.2, 0.25) is 11.8 Å². The zero-order valence-corrected chi connectivity index (χ0v) is 30.6. The number of anilines is 1. The van der Waals surface area contributed by atoms with Gasteiger partial charge in [0.1, 0.15) is 31.3 Å². The minimum atomic E-state index is -1.78. The van der Waals surface area contributed by atoms with Crippen molar-refractivity contribution in [3.05, 3.63) is 77.9 Å². The molecule has 2 aromatic carbocycles. The zero-order chi connectivity index (χ0) is 41.4. The molecule has 1 aliphatic heterocycles. The summed E-state index contributed by atoms with van der Waals surface area (Å²) in [6, 6.07) is 10.7. The van der Waals surface area contributed by atoms with Crippen LogP contribution in [0.4, 0.5) is 10.5 Å². The van der Waals surface area contributed by atoms with E-state index in [1.165, 1.54) is 18.7 Å². The summed E-state index contributed by atoms with van der Waals surface area (Å²) in [6.45, 7) is 2.10. The number of alkyl carbamates (subject to hydrolysis) is 1. The highest BCUT2D eigenvalue weighted by Gasteiger charge is 2.33. The summed E-state index contributed by atoms with van der Waals surface area (Å²) < 4.78 is 5.05. The van der Waals surface area contributed by atoms with E-state index in [0.717, 1.165) is 24.1 Å². The van der Waals surface area contributed by atoms with Gasteiger partial charge in [0.25, 0.3) is 17.7 Å². The molecule has 0 radical (unpaired) electrons.